The first-order chi connectivity index (χ1) is 11.7. The number of carbonyl (C=O) groups excluding carboxylic acids is 1. The Kier molecular flexibility index (Phi) is 5.76. The van der Waals surface area contributed by atoms with E-state index in [-0.39, 0.29) is 11.3 Å². The van der Waals surface area contributed by atoms with Crippen molar-refractivity contribution in [1.82, 2.24) is 4.90 Å². The van der Waals surface area contributed by atoms with Gasteiger partial charge in [-0.05, 0) is 56.0 Å². The first-order valence-electron chi connectivity index (χ1n) is 8.76. The lowest BCUT2D eigenvalue weighted by atomic mass is 9.90. The molecule has 1 fully saturated rings. The fourth-order valence-corrected chi connectivity index (χ4v) is 3.43. The van der Waals surface area contributed by atoms with E-state index in [4.69, 9.17) is 0 Å². The molecular formula is C21H24FNO. The Bertz CT molecular complexity index is 663. The van der Waals surface area contributed by atoms with Crippen molar-refractivity contribution in [2.24, 2.45) is 5.92 Å². The Morgan fingerprint density at radius 3 is 2.38 bits per heavy atom. The molecule has 3 heteroatoms. The van der Waals surface area contributed by atoms with Gasteiger partial charge in [-0.2, -0.15) is 0 Å². The summed E-state index contributed by atoms with van der Waals surface area (Å²) in [5.41, 5.74) is 1.59. The molecule has 0 unspecified atom stereocenters. The van der Waals surface area contributed by atoms with E-state index in [9.17, 15) is 9.18 Å². The summed E-state index contributed by atoms with van der Waals surface area (Å²) in [6.07, 6.45) is 3.56. The van der Waals surface area contributed by atoms with Crippen molar-refractivity contribution >= 4 is 5.78 Å². The molecule has 0 aromatic heterocycles. The Hall–Kier alpha value is -2.00. The normalized spacial score (nSPS) is 16.2. The molecule has 2 nitrogen and oxygen atoms in total. The van der Waals surface area contributed by atoms with Crippen LogP contribution >= 0.6 is 0 Å². The second-order valence-electron chi connectivity index (χ2n) is 6.65. The Morgan fingerprint density at radius 1 is 1.00 bits per heavy atom. The topological polar surface area (TPSA) is 20.3 Å². The SMILES string of the molecule is O=C(CCC1CCN(Cc2ccccc2)CC1)c1ccccc1F. The molecular weight excluding hydrogens is 301 g/mol. The van der Waals surface area contributed by atoms with Gasteiger partial charge in [0, 0.05) is 13.0 Å². The van der Waals surface area contributed by atoms with E-state index in [2.05, 4.69) is 29.2 Å². The van der Waals surface area contributed by atoms with Crippen molar-refractivity contribution in [3.05, 3.63) is 71.5 Å². The van der Waals surface area contributed by atoms with Crippen LogP contribution in [0.25, 0.3) is 0 Å². The van der Waals surface area contributed by atoms with E-state index in [1.807, 2.05) is 6.07 Å². The van der Waals surface area contributed by atoms with Gasteiger partial charge in [-0.25, -0.2) is 4.39 Å². The van der Waals surface area contributed by atoms with Crippen LogP contribution in [0.3, 0.4) is 0 Å². The molecule has 0 radical (unpaired) electrons. The van der Waals surface area contributed by atoms with Crippen LogP contribution in [-0.2, 0) is 6.54 Å². The highest BCUT2D eigenvalue weighted by Gasteiger charge is 2.20. The van der Waals surface area contributed by atoms with Crippen molar-refractivity contribution in [3.63, 3.8) is 0 Å². The number of rotatable bonds is 6. The second-order valence-corrected chi connectivity index (χ2v) is 6.65. The summed E-state index contributed by atoms with van der Waals surface area (Å²) in [4.78, 5) is 14.6. The zero-order chi connectivity index (χ0) is 16.8. The highest BCUT2D eigenvalue weighted by Crippen LogP contribution is 2.24. The Balaban J connectivity index is 1.43. The summed E-state index contributed by atoms with van der Waals surface area (Å²) in [5, 5.41) is 0. The predicted octanol–water partition coefficient (Wildman–Crippen LogP) is 4.70. The number of ketones is 1. The van der Waals surface area contributed by atoms with Crippen LogP contribution in [0, 0.1) is 11.7 Å². The van der Waals surface area contributed by atoms with Crippen LogP contribution < -0.4 is 0 Å². The van der Waals surface area contributed by atoms with E-state index >= 15 is 0 Å². The number of likely N-dealkylation sites (tertiary alicyclic amines) is 1. The highest BCUT2D eigenvalue weighted by atomic mass is 19.1. The average molecular weight is 325 g/mol. The van der Waals surface area contributed by atoms with Gasteiger partial charge in [-0.3, -0.25) is 9.69 Å². The van der Waals surface area contributed by atoms with E-state index in [1.54, 1.807) is 18.2 Å². The van der Waals surface area contributed by atoms with Crippen LogP contribution in [0.4, 0.5) is 4.39 Å². The molecule has 1 heterocycles. The smallest absolute Gasteiger partial charge is 0.165 e. The highest BCUT2D eigenvalue weighted by molar-refractivity contribution is 5.96. The maximum atomic E-state index is 13.6. The monoisotopic (exact) mass is 325 g/mol. The zero-order valence-electron chi connectivity index (χ0n) is 14.0. The summed E-state index contributed by atoms with van der Waals surface area (Å²) in [6, 6.07) is 16.8. The summed E-state index contributed by atoms with van der Waals surface area (Å²) in [7, 11) is 0. The first-order valence-corrected chi connectivity index (χ1v) is 8.76. The van der Waals surface area contributed by atoms with Crippen molar-refractivity contribution in [2.45, 2.75) is 32.2 Å². The van der Waals surface area contributed by atoms with Crippen LogP contribution in [0.5, 0.6) is 0 Å². The zero-order valence-corrected chi connectivity index (χ0v) is 14.0. The number of hydrogen-bond donors (Lipinski definition) is 0. The van der Waals surface area contributed by atoms with Crippen molar-refractivity contribution in [1.29, 1.82) is 0 Å². The molecule has 0 spiro atoms. The van der Waals surface area contributed by atoms with Gasteiger partial charge in [0.1, 0.15) is 5.82 Å². The van der Waals surface area contributed by atoms with Gasteiger partial charge in [0.05, 0.1) is 5.56 Å². The van der Waals surface area contributed by atoms with E-state index in [0.717, 1.165) is 38.9 Å². The number of piperidine rings is 1. The Labute approximate surface area is 143 Å². The number of halogens is 1. The minimum atomic E-state index is -0.403. The number of benzene rings is 2. The summed E-state index contributed by atoms with van der Waals surface area (Å²) >= 11 is 0. The van der Waals surface area contributed by atoms with Crippen LogP contribution in [0.15, 0.2) is 54.6 Å². The molecule has 1 aliphatic heterocycles. The predicted molar refractivity (Wildman–Crippen MR) is 94.4 cm³/mol. The molecule has 0 aliphatic carbocycles. The van der Waals surface area contributed by atoms with Crippen molar-refractivity contribution in [3.8, 4) is 0 Å². The number of hydrogen-bond acceptors (Lipinski definition) is 2. The lowest BCUT2D eigenvalue weighted by molar-refractivity contribution is 0.0957. The van der Waals surface area contributed by atoms with E-state index in [1.165, 1.54) is 11.6 Å². The third-order valence-corrected chi connectivity index (χ3v) is 4.91. The number of Topliss-reactive ketones (excluding diaryl/α,β-unsaturated/α-hetero) is 1. The molecule has 0 N–H and O–H groups in total. The molecule has 3 rings (SSSR count). The molecule has 1 aliphatic rings. The largest absolute Gasteiger partial charge is 0.299 e. The third-order valence-electron chi connectivity index (χ3n) is 4.91. The Morgan fingerprint density at radius 2 is 1.67 bits per heavy atom. The number of nitrogens with zero attached hydrogens (tertiary/aromatic N) is 1. The van der Waals surface area contributed by atoms with Crippen LogP contribution in [0.1, 0.15) is 41.6 Å². The maximum absolute atomic E-state index is 13.6. The minimum absolute atomic E-state index is 0.0696. The van der Waals surface area contributed by atoms with Gasteiger partial charge >= 0.3 is 0 Å². The van der Waals surface area contributed by atoms with E-state index < -0.39 is 5.82 Å². The van der Waals surface area contributed by atoms with Gasteiger partial charge in [-0.1, -0.05) is 42.5 Å². The van der Waals surface area contributed by atoms with Gasteiger partial charge < -0.3 is 0 Å². The molecule has 2 aromatic rings. The molecule has 1 saturated heterocycles. The average Bonchev–Trinajstić information content (AvgIpc) is 2.62. The molecule has 0 saturated carbocycles. The standard InChI is InChI=1S/C21H24FNO/c22-20-9-5-4-8-19(20)21(24)11-10-17-12-14-23(15-13-17)16-18-6-2-1-3-7-18/h1-9,17H,10-16H2. The van der Waals surface area contributed by atoms with Gasteiger partial charge in [0.15, 0.2) is 5.78 Å². The second kappa shape index (κ2) is 8.20. The number of carbonyl (C=O) groups is 1. The molecule has 126 valence electrons. The lowest BCUT2D eigenvalue weighted by Gasteiger charge is -2.32. The first kappa shape index (κ1) is 16.8. The third kappa shape index (κ3) is 4.51. The van der Waals surface area contributed by atoms with Crippen molar-refractivity contribution < 1.29 is 9.18 Å². The maximum Gasteiger partial charge on any atom is 0.165 e. The van der Waals surface area contributed by atoms with Gasteiger partial charge in [-0.15, -0.1) is 0 Å². The van der Waals surface area contributed by atoms with Gasteiger partial charge in [0.2, 0.25) is 0 Å². The lowest BCUT2D eigenvalue weighted by Crippen LogP contribution is -2.33. The quantitative estimate of drug-likeness (QED) is 0.718. The minimum Gasteiger partial charge on any atom is -0.299 e. The fourth-order valence-electron chi connectivity index (χ4n) is 3.43. The molecule has 24 heavy (non-hydrogen) atoms. The molecule has 0 atom stereocenters. The fraction of sp³-hybridized carbons (Fsp3) is 0.381. The molecule has 0 amide bonds. The van der Waals surface area contributed by atoms with E-state index in [0.29, 0.717) is 12.3 Å². The van der Waals surface area contributed by atoms with Crippen LogP contribution in [-0.4, -0.2) is 23.8 Å². The van der Waals surface area contributed by atoms with Crippen LogP contribution in [0.2, 0.25) is 0 Å². The molecule has 2 aromatic carbocycles. The van der Waals surface area contributed by atoms with Gasteiger partial charge in [0.25, 0.3) is 0 Å². The summed E-state index contributed by atoms with van der Waals surface area (Å²) < 4.78 is 13.6. The van der Waals surface area contributed by atoms with Crippen molar-refractivity contribution in [2.75, 3.05) is 13.1 Å². The summed E-state index contributed by atoms with van der Waals surface area (Å²) in [5.74, 6) is 0.104. The molecule has 0 bridgehead atoms. The summed E-state index contributed by atoms with van der Waals surface area (Å²) in [6.45, 7) is 3.16.